The molecule has 0 amide bonds. The molecule has 30 aliphatic rings. The molecule has 0 aromatic heterocycles. The molecule has 1 aromatic rings. The summed E-state index contributed by atoms with van der Waals surface area (Å²) in [6, 6.07) is 6.45. The number of aliphatic carboxylic acids is 1. The topological polar surface area (TPSA) is 653 Å². The van der Waals surface area contributed by atoms with Gasteiger partial charge in [0.1, 0.15) is 189 Å². The maximum Gasteiger partial charge on any atom is 1.00 e. The number of thioether (sulfide) groups is 1. The number of rotatable bonds is 13. The second-order valence-electron chi connectivity index (χ2n) is 25.1. The molecule has 43 heteroatoms. The summed E-state index contributed by atoms with van der Waals surface area (Å²) in [4.78, 5) is 11.8. The fraction of sp³-hybridized carbons (Fsp3) is 0.877. The fourth-order valence-corrected chi connectivity index (χ4v) is 14.1. The zero-order chi connectivity index (χ0) is 71.7. The van der Waals surface area contributed by atoms with Gasteiger partial charge in [-0.25, -0.2) is 0 Å². The SMILES string of the molecule is O=C([O-])CCc1cccc(SC[C@H]2O[C@@H]3O[C@H]4[C@H](O)[C@@H](O)[C@@H](O[C@H]5[C@H](O)[C@@H](O)[C@@H](O[C@H]6[C@H](O)[C@@H](O)[C@@H](O[C@H]7[C@H](O)[C@@H](O)[C@@H](O[C@H]8[C@@H](O)[C@H](O)[C@@H](O[C@H]9[C@H](O)[C@@H](O)[C@@H](O[C@H]%10[C@@H](O)[C@@H](O)[C@@H](O[C@H]2[C@H](O)[C@H]3O)O[C@@H]%10CO)O[C@@H]9CO)O[C@@H]8CO)O[C@@H]7CO)O[C@@H]6CO)O[C@@H]5CO)O[C@@H]4CO)c1.[Na+]. The molecule has 23 N–H and O–H groups in total. The van der Waals surface area contributed by atoms with Crippen molar-refractivity contribution in [3.05, 3.63) is 29.8 Å². The number of carboxylic acid groups (broad SMARTS) is 1. The molecular formula is C57H87NaO41S. The van der Waals surface area contributed by atoms with Crippen LogP contribution in [0.1, 0.15) is 12.0 Å². The van der Waals surface area contributed by atoms with Crippen molar-refractivity contribution in [1.29, 1.82) is 0 Å². The number of aryl methyl sites for hydroxylation is 1. The summed E-state index contributed by atoms with van der Waals surface area (Å²) >= 11 is 1.00. The zero-order valence-electron chi connectivity index (χ0n) is 53.0. The predicted molar refractivity (Wildman–Crippen MR) is 304 cm³/mol. The number of carbonyl (C=O) groups is 1. The maximum absolute atomic E-state index is 12.0. The Balaban J connectivity index is 0.0000117. The van der Waals surface area contributed by atoms with Crippen LogP contribution in [-0.4, -0.2) is 421 Å². The van der Waals surface area contributed by atoms with Gasteiger partial charge in [-0.2, -0.15) is 0 Å². The van der Waals surface area contributed by atoms with E-state index < -0.39 is 298 Å². The minimum absolute atomic E-state index is 0. The summed E-state index contributed by atoms with van der Waals surface area (Å²) in [6.07, 6.45) is -82.5. The molecule has 0 spiro atoms. The average molecular weight is 1480 g/mol. The first-order chi connectivity index (χ1) is 47.2. The summed E-state index contributed by atoms with van der Waals surface area (Å²) in [5, 5.41) is 270. The van der Waals surface area contributed by atoms with E-state index in [1.807, 2.05) is 0 Å². The quantitative estimate of drug-likeness (QED) is 0.0644. The molecule has 1 aromatic carbocycles. The van der Waals surface area contributed by atoms with E-state index in [4.69, 9.17) is 75.8 Å². The van der Waals surface area contributed by atoms with Crippen molar-refractivity contribution in [3.63, 3.8) is 0 Å². The van der Waals surface area contributed by atoms with Gasteiger partial charge in [-0.3, -0.25) is 0 Å². The molecule has 31 rings (SSSR count). The van der Waals surface area contributed by atoms with Crippen LogP contribution in [-0.2, 0) is 87.0 Å². The van der Waals surface area contributed by atoms with E-state index in [2.05, 4.69) is 0 Å². The van der Waals surface area contributed by atoms with Gasteiger partial charge in [-0.1, -0.05) is 12.1 Å². The fourth-order valence-electron chi connectivity index (χ4n) is 13.1. The van der Waals surface area contributed by atoms with Crippen molar-refractivity contribution in [2.24, 2.45) is 0 Å². The third-order valence-electron chi connectivity index (χ3n) is 18.6. The molecule has 40 atom stereocenters. The molecule has 41 nitrogen and oxygen atoms in total. The second-order valence-corrected chi connectivity index (χ2v) is 26.2. The van der Waals surface area contributed by atoms with Gasteiger partial charge >= 0.3 is 29.6 Å². The number of carbonyl (C=O) groups excluding carboxylic acids is 1. The van der Waals surface area contributed by atoms with E-state index in [1.54, 1.807) is 24.3 Å². The second kappa shape index (κ2) is 36.1. The third-order valence-corrected chi connectivity index (χ3v) is 19.7. The van der Waals surface area contributed by atoms with Crippen molar-refractivity contribution < 1.29 is 233 Å². The van der Waals surface area contributed by atoms with Crippen LogP contribution in [0.4, 0.5) is 0 Å². The molecule has 100 heavy (non-hydrogen) atoms. The van der Waals surface area contributed by atoms with Gasteiger partial charge in [0, 0.05) is 16.6 Å². The van der Waals surface area contributed by atoms with Crippen LogP contribution in [0.2, 0.25) is 0 Å². The van der Waals surface area contributed by atoms with Crippen molar-refractivity contribution in [2.45, 2.75) is 263 Å². The summed E-state index contributed by atoms with van der Waals surface area (Å²) < 4.78 is 93.1. The summed E-state index contributed by atoms with van der Waals surface area (Å²) in [5.41, 5.74) is 0.549. The maximum atomic E-state index is 12.0. The standard InChI is InChI=1S/C57H88O41S.Na/c58-7-17-42-26(67)34(75)50(83-17)92-43-18(8-59)85-52(36(77)28(43)69)94-45-20(10-61)87-54(38(79)30(45)71)96-47-22(12-63)89-56(40(81)32(47)73)98-49-24(14-99-16-3-1-2-15(6-16)4-5-25(65)66)90-57(41(82)33(49)74)97-48-23(13-64)88-55(39(80)31(48)72)95-46-21(11-62)86-53(37(78)29(46)70)93-44-19(9-60)84-51(91-42)35(76)27(44)68;/h1-3,6,17-24,26-64,67-82H,4-5,7-14H2,(H,65,66);/q;+1/p-1/t17-,18-,19-,20-,21-,22-,23-,24-,26-,27-,28+,29-,30-,31-,32+,33-,34-,35-,36+,37-,38-,39-,40-,41-,42-,43-,44-,45-,46-,47-,48-,49-,50-,51-,52-,53-,54-,55-,56-,57-;/m1./s1. The number of aliphatic hydroxyl groups is 23. The third kappa shape index (κ3) is 17.5. The molecule has 0 aliphatic carbocycles. The van der Waals surface area contributed by atoms with Gasteiger partial charge in [0.25, 0.3) is 0 Å². The Kier molecular flexibility index (Phi) is 29.8. The Labute approximate surface area is 593 Å². The Morgan fingerprint density at radius 1 is 0.310 bits per heavy atom. The van der Waals surface area contributed by atoms with Gasteiger partial charge in [-0.05, 0) is 30.5 Å². The molecule has 30 saturated heterocycles. The molecule has 30 aliphatic heterocycles. The van der Waals surface area contributed by atoms with E-state index >= 15 is 0 Å². The Bertz CT molecular complexity index is 2680. The molecule has 0 unspecified atom stereocenters. The van der Waals surface area contributed by atoms with E-state index in [1.165, 1.54) is 0 Å². The van der Waals surface area contributed by atoms with E-state index in [-0.39, 0.29) is 48.2 Å². The van der Waals surface area contributed by atoms with Crippen LogP contribution in [0.5, 0.6) is 0 Å². The van der Waals surface area contributed by atoms with E-state index in [9.17, 15) is 127 Å². The largest absolute Gasteiger partial charge is 1.00 e. The zero-order valence-corrected chi connectivity index (χ0v) is 55.8. The molecule has 568 valence electrons. The van der Waals surface area contributed by atoms with Crippen LogP contribution in [0.3, 0.4) is 0 Å². The minimum Gasteiger partial charge on any atom is -0.550 e. The van der Waals surface area contributed by atoms with Crippen LogP contribution >= 0.6 is 11.8 Å². The average Bonchev–Trinajstić information content (AvgIpc) is 0.779. The van der Waals surface area contributed by atoms with Crippen LogP contribution in [0, 0.1) is 0 Å². The monoisotopic (exact) mass is 1480 g/mol. The van der Waals surface area contributed by atoms with Crippen molar-refractivity contribution in [1.82, 2.24) is 0 Å². The summed E-state index contributed by atoms with van der Waals surface area (Å²) in [7, 11) is 0. The molecular weight excluding hydrogens is 1400 g/mol. The number of hydrogen-bond acceptors (Lipinski definition) is 42. The van der Waals surface area contributed by atoms with Gasteiger partial charge in [0.05, 0.1) is 52.4 Å². The van der Waals surface area contributed by atoms with Crippen LogP contribution in [0.15, 0.2) is 29.2 Å². The van der Waals surface area contributed by atoms with Crippen molar-refractivity contribution in [3.8, 4) is 0 Å². The number of hydrogen-bond donors (Lipinski definition) is 23. The smallest absolute Gasteiger partial charge is 0.550 e. The molecule has 30 heterocycles. The van der Waals surface area contributed by atoms with Crippen LogP contribution < -0.4 is 34.7 Å². The minimum atomic E-state index is -2.27. The number of aliphatic hydroxyl groups excluding tert-OH is 23. The van der Waals surface area contributed by atoms with Gasteiger partial charge in [0.2, 0.25) is 0 Å². The normalized spacial score (nSPS) is 50.0. The van der Waals surface area contributed by atoms with E-state index in [0.29, 0.717) is 10.5 Å². The van der Waals surface area contributed by atoms with Crippen molar-refractivity contribution >= 4 is 17.7 Å². The first-order valence-electron chi connectivity index (χ1n) is 31.7. The summed E-state index contributed by atoms with van der Waals surface area (Å²) in [5.74, 6) is -1.63. The first-order valence-corrected chi connectivity index (χ1v) is 32.7. The molecule has 30 fully saturated rings. The van der Waals surface area contributed by atoms with Crippen LogP contribution in [0.25, 0.3) is 0 Å². The summed E-state index contributed by atoms with van der Waals surface area (Å²) in [6.45, 7) is -7.63. The number of benzene rings is 1. The van der Waals surface area contributed by atoms with E-state index in [0.717, 1.165) is 11.8 Å². The molecule has 0 radical (unpaired) electrons. The van der Waals surface area contributed by atoms with Crippen molar-refractivity contribution in [2.75, 3.05) is 52.0 Å². The number of carboxylic acids is 1. The Morgan fingerprint density at radius 3 is 0.710 bits per heavy atom. The molecule has 16 bridgehead atoms. The number of ether oxygens (including phenoxy) is 16. The van der Waals surface area contributed by atoms with Gasteiger partial charge < -0.3 is 203 Å². The molecule has 0 saturated carbocycles. The first kappa shape index (κ1) is 82.5. The predicted octanol–water partition coefficient (Wildman–Crippen LogP) is -18.9. The Hall–Kier alpha value is -1.52. The van der Waals surface area contributed by atoms with Gasteiger partial charge in [-0.15, -0.1) is 11.8 Å². The van der Waals surface area contributed by atoms with Gasteiger partial charge in [0.15, 0.2) is 50.3 Å². The Morgan fingerprint density at radius 2 is 0.510 bits per heavy atom.